The molecule has 7 nitrogen and oxygen atoms in total. The quantitative estimate of drug-likeness (QED) is 0.446. The molecule has 0 radical (unpaired) electrons. The van der Waals surface area contributed by atoms with E-state index in [2.05, 4.69) is 5.32 Å². The molecule has 0 spiro atoms. The van der Waals surface area contributed by atoms with Gasteiger partial charge in [-0.05, 0) is 28.6 Å². The molecule has 0 aliphatic carbocycles. The highest BCUT2D eigenvalue weighted by Gasteiger charge is 2.34. The number of carboxylic acids is 1. The molecule has 176 valence electrons. The van der Waals surface area contributed by atoms with Crippen LogP contribution < -0.4 is 15.0 Å². The molecule has 3 aromatic rings. The van der Waals surface area contributed by atoms with Crippen LogP contribution in [0.15, 0.2) is 54.6 Å². The van der Waals surface area contributed by atoms with E-state index in [-0.39, 0.29) is 30.6 Å². The van der Waals surface area contributed by atoms with Crippen LogP contribution in [-0.4, -0.2) is 35.3 Å². The summed E-state index contributed by atoms with van der Waals surface area (Å²) in [5, 5.41) is 13.5. The molecular weight excluding hydrogens is 456 g/mol. The lowest BCUT2D eigenvalue weighted by atomic mass is 9.95. The molecule has 1 unspecified atom stereocenters. The molecule has 2 amide bonds. The number of aliphatic carboxylic acids is 1. The maximum Gasteiger partial charge on any atom is 0.303 e. The summed E-state index contributed by atoms with van der Waals surface area (Å²) in [5.41, 5.74) is 3.24. The van der Waals surface area contributed by atoms with Gasteiger partial charge < -0.3 is 20.1 Å². The van der Waals surface area contributed by atoms with Crippen molar-refractivity contribution in [3.63, 3.8) is 0 Å². The molecule has 4 rings (SSSR count). The molecule has 1 heterocycles. The summed E-state index contributed by atoms with van der Waals surface area (Å²) >= 11 is 6.29. The van der Waals surface area contributed by atoms with Crippen molar-refractivity contribution in [2.24, 2.45) is 0 Å². The number of rotatable bonds is 8. The molecule has 34 heavy (non-hydrogen) atoms. The monoisotopic (exact) mass is 480 g/mol. The number of ether oxygens (including phenoxy) is 1. The van der Waals surface area contributed by atoms with Gasteiger partial charge in [-0.2, -0.15) is 0 Å². The molecule has 1 aliphatic heterocycles. The molecule has 3 aromatic carbocycles. The van der Waals surface area contributed by atoms with E-state index in [0.717, 1.165) is 21.9 Å². The second-order valence-corrected chi connectivity index (χ2v) is 8.58. The third-order valence-electron chi connectivity index (χ3n) is 5.82. The highest BCUT2D eigenvalue weighted by atomic mass is 35.5. The van der Waals surface area contributed by atoms with Crippen LogP contribution in [-0.2, 0) is 21.0 Å². The summed E-state index contributed by atoms with van der Waals surface area (Å²) in [5.74, 6) is -0.695. The smallest absolute Gasteiger partial charge is 0.303 e. The van der Waals surface area contributed by atoms with Crippen molar-refractivity contribution < 1.29 is 24.2 Å². The number of amides is 2. The Morgan fingerprint density at radius 3 is 2.53 bits per heavy atom. The lowest BCUT2D eigenvalue weighted by molar-refractivity contribution is -0.138. The van der Waals surface area contributed by atoms with E-state index in [1.54, 1.807) is 4.90 Å². The zero-order valence-corrected chi connectivity index (χ0v) is 19.5. The van der Waals surface area contributed by atoms with E-state index in [0.29, 0.717) is 36.2 Å². The normalized spacial score (nSPS) is 14.6. The summed E-state index contributed by atoms with van der Waals surface area (Å²) in [4.78, 5) is 37.1. The Bertz CT molecular complexity index is 1240. The topological polar surface area (TPSA) is 95.9 Å². The highest BCUT2D eigenvalue weighted by molar-refractivity contribution is 6.19. The molecule has 0 saturated heterocycles. The number of nitrogens with zero attached hydrogens (tertiary/aromatic N) is 1. The SMILES string of the molecule is CC(=O)Nc1ccc2c3c(cc(OCc4ccccc4)c2c1)N(C(=O)CCC(=O)O)CC3CCl. The van der Waals surface area contributed by atoms with Gasteiger partial charge in [0.1, 0.15) is 12.4 Å². The van der Waals surface area contributed by atoms with E-state index >= 15 is 0 Å². The standard InChI is InChI=1S/C26H25ClN2O5/c1-16(30)28-19-7-8-20-21(11-19)23(34-15-17-5-3-2-4-6-17)12-22-26(20)18(13-27)14-29(22)24(31)9-10-25(32)33/h2-8,11-12,18H,9-10,13-15H2,1H3,(H,28,30)(H,32,33). The molecule has 2 N–H and O–H groups in total. The van der Waals surface area contributed by atoms with Crippen LogP contribution in [0.3, 0.4) is 0 Å². The van der Waals surface area contributed by atoms with Crippen molar-refractivity contribution in [3.05, 3.63) is 65.7 Å². The summed E-state index contributed by atoms with van der Waals surface area (Å²) < 4.78 is 6.21. The van der Waals surface area contributed by atoms with Crippen molar-refractivity contribution in [3.8, 4) is 5.75 Å². The van der Waals surface area contributed by atoms with E-state index < -0.39 is 5.97 Å². The van der Waals surface area contributed by atoms with Gasteiger partial charge in [-0.25, -0.2) is 0 Å². The Kier molecular flexibility index (Phi) is 7.03. The summed E-state index contributed by atoms with van der Waals surface area (Å²) in [7, 11) is 0. The molecule has 1 aliphatic rings. The first-order chi connectivity index (χ1) is 16.4. The molecule has 0 aromatic heterocycles. The zero-order chi connectivity index (χ0) is 24.2. The number of carbonyl (C=O) groups excluding carboxylic acids is 2. The minimum absolute atomic E-state index is 0.0938. The number of benzene rings is 3. The molecule has 8 heteroatoms. The third kappa shape index (κ3) is 4.99. The summed E-state index contributed by atoms with van der Waals surface area (Å²) in [6, 6.07) is 17.1. The van der Waals surface area contributed by atoms with Crippen LogP contribution in [0.4, 0.5) is 11.4 Å². The predicted molar refractivity (Wildman–Crippen MR) is 132 cm³/mol. The fraction of sp³-hybridized carbons (Fsp3) is 0.269. The van der Waals surface area contributed by atoms with Crippen molar-refractivity contribution >= 4 is 51.5 Å². The fourth-order valence-corrected chi connectivity index (χ4v) is 4.56. The van der Waals surface area contributed by atoms with Crippen LogP contribution in [0, 0.1) is 0 Å². The van der Waals surface area contributed by atoms with Gasteiger partial charge in [0.25, 0.3) is 0 Å². The van der Waals surface area contributed by atoms with E-state index in [4.69, 9.17) is 21.4 Å². The van der Waals surface area contributed by atoms with Gasteiger partial charge in [-0.15, -0.1) is 11.6 Å². The van der Waals surface area contributed by atoms with Crippen LogP contribution in [0.1, 0.15) is 36.8 Å². The highest BCUT2D eigenvalue weighted by Crippen LogP contribution is 2.46. The number of hydrogen-bond donors (Lipinski definition) is 2. The van der Waals surface area contributed by atoms with Gasteiger partial charge >= 0.3 is 5.97 Å². The Balaban J connectivity index is 1.80. The summed E-state index contributed by atoms with van der Waals surface area (Å²) in [6.07, 6.45) is -0.329. The van der Waals surface area contributed by atoms with Crippen molar-refractivity contribution in [1.82, 2.24) is 0 Å². The number of carboxylic acid groups (broad SMARTS) is 1. The Labute approximate surface area is 202 Å². The van der Waals surface area contributed by atoms with Crippen LogP contribution >= 0.6 is 11.6 Å². The van der Waals surface area contributed by atoms with Gasteiger partial charge in [0.05, 0.1) is 12.1 Å². The number of halogens is 1. The van der Waals surface area contributed by atoms with Crippen molar-refractivity contribution in [1.29, 1.82) is 0 Å². The summed E-state index contributed by atoms with van der Waals surface area (Å²) in [6.45, 7) is 2.15. The third-order valence-corrected chi connectivity index (χ3v) is 6.19. The molecule has 0 fully saturated rings. The lowest BCUT2D eigenvalue weighted by Gasteiger charge is -2.20. The number of fused-ring (bicyclic) bond motifs is 3. The van der Waals surface area contributed by atoms with Gasteiger partial charge in [-0.3, -0.25) is 14.4 Å². The number of nitrogens with one attached hydrogen (secondary N) is 1. The van der Waals surface area contributed by atoms with Crippen LogP contribution in [0.2, 0.25) is 0 Å². The van der Waals surface area contributed by atoms with Gasteiger partial charge in [0.2, 0.25) is 11.8 Å². The Hall–Kier alpha value is -3.58. The van der Waals surface area contributed by atoms with Gasteiger partial charge in [0, 0.05) is 48.8 Å². The first-order valence-corrected chi connectivity index (χ1v) is 11.5. The molecule has 0 saturated carbocycles. The zero-order valence-electron chi connectivity index (χ0n) is 18.7. The van der Waals surface area contributed by atoms with Crippen molar-refractivity contribution in [2.75, 3.05) is 22.6 Å². The average Bonchev–Trinajstić information content (AvgIpc) is 3.20. The van der Waals surface area contributed by atoms with Crippen LogP contribution in [0.25, 0.3) is 10.8 Å². The molecular formula is C26H25ClN2O5. The van der Waals surface area contributed by atoms with Gasteiger partial charge in [-0.1, -0.05) is 36.4 Å². The van der Waals surface area contributed by atoms with Gasteiger partial charge in [0.15, 0.2) is 0 Å². The van der Waals surface area contributed by atoms with E-state index in [9.17, 15) is 14.4 Å². The van der Waals surface area contributed by atoms with Crippen molar-refractivity contribution in [2.45, 2.75) is 32.3 Å². The maximum atomic E-state index is 12.9. The number of alkyl halides is 1. The maximum absolute atomic E-state index is 12.9. The lowest BCUT2D eigenvalue weighted by Crippen LogP contribution is -2.30. The minimum Gasteiger partial charge on any atom is -0.488 e. The first kappa shape index (κ1) is 23.6. The number of anilines is 2. The number of hydrogen-bond acceptors (Lipinski definition) is 4. The second-order valence-electron chi connectivity index (χ2n) is 8.27. The van der Waals surface area contributed by atoms with E-state index in [1.807, 2.05) is 54.6 Å². The first-order valence-electron chi connectivity index (χ1n) is 11.0. The molecule has 1 atom stereocenters. The second kappa shape index (κ2) is 10.1. The predicted octanol–water partition coefficient (Wildman–Crippen LogP) is 4.91. The Morgan fingerprint density at radius 2 is 1.85 bits per heavy atom. The number of carbonyl (C=O) groups is 3. The average molecular weight is 481 g/mol. The Morgan fingerprint density at radius 1 is 1.09 bits per heavy atom. The van der Waals surface area contributed by atoms with E-state index in [1.165, 1.54) is 6.92 Å². The fourth-order valence-electron chi connectivity index (χ4n) is 4.31. The largest absolute Gasteiger partial charge is 0.488 e. The minimum atomic E-state index is -1.02. The molecule has 0 bridgehead atoms. The van der Waals surface area contributed by atoms with Crippen LogP contribution in [0.5, 0.6) is 5.75 Å².